The van der Waals surface area contributed by atoms with Gasteiger partial charge in [0.2, 0.25) is 0 Å². The summed E-state index contributed by atoms with van der Waals surface area (Å²) in [5, 5.41) is 3.52. The molecular formula is C12H23NO. The lowest BCUT2D eigenvalue weighted by molar-refractivity contribution is 0.0531. The monoisotopic (exact) mass is 197 g/mol. The van der Waals surface area contributed by atoms with Crippen molar-refractivity contribution in [1.82, 2.24) is 5.32 Å². The topological polar surface area (TPSA) is 21.3 Å². The van der Waals surface area contributed by atoms with E-state index in [9.17, 15) is 0 Å². The van der Waals surface area contributed by atoms with E-state index in [0.29, 0.717) is 0 Å². The molecule has 2 unspecified atom stereocenters. The molecule has 2 heteroatoms. The highest BCUT2D eigenvalue weighted by atomic mass is 16.5. The van der Waals surface area contributed by atoms with Gasteiger partial charge in [-0.2, -0.15) is 0 Å². The fourth-order valence-electron chi connectivity index (χ4n) is 2.78. The second-order valence-electron chi connectivity index (χ2n) is 5.02. The van der Waals surface area contributed by atoms with E-state index < -0.39 is 0 Å². The first kappa shape index (κ1) is 10.4. The zero-order chi connectivity index (χ0) is 9.80. The molecule has 0 radical (unpaired) electrons. The normalized spacial score (nSPS) is 35.8. The van der Waals surface area contributed by atoms with Gasteiger partial charge in [0, 0.05) is 13.2 Å². The average Bonchev–Trinajstić information content (AvgIpc) is 2.23. The summed E-state index contributed by atoms with van der Waals surface area (Å²) in [7, 11) is 0. The largest absolute Gasteiger partial charge is 0.381 e. The van der Waals surface area contributed by atoms with Crippen LogP contribution in [0.4, 0.5) is 0 Å². The van der Waals surface area contributed by atoms with Gasteiger partial charge in [0.25, 0.3) is 0 Å². The molecule has 0 bridgehead atoms. The smallest absolute Gasteiger partial charge is 0.0468 e. The van der Waals surface area contributed by atoms with Crippen molar-refractivity contribution in [3.05, 3.63) is 0 Å². The molecule has 0 amide bonds. The van der Waals surface area contributed by atoms with E-state index in [1.807, 2.05) is 0 Å². The van der Waals surface area contributed by atoms with Crippen LogP contribution in [0.15, 0.2) is 0 Å². The molecule has 2 nitrogen and oxygen atoms in total. The van der Waals surface area contributed by atoms with E-state index in [-0.39, 0.29) is 0 Å². The fraction of sp³-hybridized carbons (Fsp3) is 1.00. The zero-order valence-corrected chi connectivity index (χ0v) is 9.30. The van der Waals surface area contributed by atoms with Crippen LogP contribution in [-0.4, -0.2) is 26.3 Å². The maximum absolute atomic E-state index is 5.40. The Kier molecular flexibility index (Phi) is 3.82. The lowest BCUT2D eigenvalue weighted by atomic mass is 9.79. The Morgan fingerprint density at radius 1 is 1.21 bits per heavy atom. The van der Waals surface area contributed by atoms with Crippen molar-refractivity contribution >= 4 is 0 Å². The first-order valence-corrected chi connectivity index (χ1v) is 6.14. The van der Waals surface area contributed by atoms with Gasteiger partial charge >= 0.3 is 0 Å². The first-order valence-electron chi connectivity index (χ1n) is 6.14. The molecule has 0 aromatic carbocycles. The second-order valence-corrected chi connectivity index (χ2v) is 5.02. The highest BCUT2D eigenvalue weighted by Crippen LogP contribution is 2.29. The van der Waals surface area contributed by atoms with Gasteiger partial charge in [-0.1, -0.05) is 6.92 Å². The molecule has 0 saturated carbocycles. The summed E-state index contributed by atoms with van der Waals surface area (Å²) in [6.45, 7) is 6.90. The molecule has 2 rings (SSSR count). The molecule has 0 aliphatic carbocycles. The molecule has 1 N–H and O–H groups in total. The van der Waals surface area contributed by atoms with Crippen LogP contribution in [0.3, 0.4) is 0 Å². The number of hydrogen-bond donors (Lipinski definition) is 1. The molecule has 2 saturated heterocycles. The van der Waals surface area contributed by atoms with Crippen molar-refractivity contribution in [2.45, 2.75) is 32.6 Å². The number of hydrogen-bond acceptors (Lipinski definition) is 2. The van der Waals surface area contributed by atoms with Gasteiger partial charge in [-0.15, -0.1) is 0 Å². The number of ether oxygens (including phenoxy) is 1. The molecule has 2 aliphatic heterocycles. The molecule has 82 valence electrons. The summed E-state index contributed by atoms with van der Waals surface area (Å²) in [5.74, 6) is 2.79. The lowest BCUT2D eigenvalue weighted by Crippen LogP contribution is -2.37. The van der Waals surface area contributed by atoms with Crippen molar-refractivity contribution in [2.24, 2.45) is 17.8 Å². The van der Waals surface area contributed by atoms with Crippen LogP contribution in [0.1, 0.15) is 32.6 Å². The van der Waals surface area contributed by atoms with Gasteiger partial charge in [0.05, 0.1) is 0 Å². The van der Waals surface area contributed by atoms with Crippen molar-refractivity contribution < 1.29 is 4.74 Å². The standard InChI is InChI=1S/C12H23NO/c1-10-2-5-13-9-12(10)8-11-3-6-14-7-4-11/h10-13H,2-9H2,1H3. The van der Waals surface area contributed by atoms with Crippen molar-refractivity contribution in [2.75, 3.05) is 26.3 Å². The van der Waals surface area contributed by atoms with E-state index in [2.05, 4.69) is 12.2 Å². The summed E-state index contributed by atoms with van der Waals surface area (Å²) in [5.41, 5.74) is 0. The van der Waals surface area contributed by atoms with E-state index in [0.717, 1.165) is 31.0 Å². The van der Waals surface area contributed by atoms with Crippen molar-refractivity contribution in [3.63, 3.8) is 0 Å². The van der Waals surface area contributed by atoms with Crippen LogP contribution in [0.25, 0.3) is 0 Å². The Labute approximate surface area is 87.4 Å². The molecular weight excluding hydrogens is 174 g/mol. The average molecular weight is 197 g/mol. The lowest BCUT2D eigenvalue weighted by Gasteiger charge is -2.33. The third-order valence-electron chi connectivity index (χ3n) is 3.96. The van der Waals surface area contributed by atoms with E-state index in [1.54, 1.807) is 0 Å². The minimum Gasteiger partial charge on any atom is -0.381 e. The third-order valence-corrected chi connectivity index (χ3v) is 3.96. The van der Waals surface area contributed by atoms with Crippen LogP contribution in [0.2, 0.25) is 0 Å². The Morgan fingerprint density at radius 2 is 2.00 bits per heavy atom. The van der Waals surface area contributed by atoms with Gasteiger partial charge in [0.15, 0.2) is 0 Å². The summed E-state index contributed by atoms with van der Waals surface area (Å²) in [6.07, 6.45) is 5.39. The highest BCUT2D eigenvalue weighted by molar-refractivity contribution is 4.78. The van der Waals surface area contributed by atoms with E-state index in [4.69, 9.17) is 4.74 Å². The zero-order valence-electron chi connectivity index (χ0n) is 9.30. The molecule has 14 heavy (non-hydrogen) atoms. The van der Waals surface area contributed by atoms with Gasteiger partial charge in [-0.05, 0) is 56.5 Å². The maximum atomic E-state index is 5.40. The van der Waals surface area contributed by atoms with Crippen LogP contribution >= 0.6 is 0 Å². The van der Waals surface area contributed by atoms with Crippen LogP contribution in [0.5, 0.6) is 0 Å². The van der Waals surface area contributed by atoms with Crippen LogP contribution in [-0.2, 0) is 4.74 Å². The van der Waals surface area contributed by atoms with Crippen molar-refractivity contribution in [3.8, 4) is 0 Å². The molecule has 0 spiro atoms. The predicted octanol–water partition coefficient (Wildman–Crippen LogP) is 2.05. The highest BCUT2D eigenvalue weighted by Gasteiger charge is 2.25. The van der Waals surface area contributed by atoms with Gasteiger partial charge in [-0.3, -0.25) is 0 Å². The first-order chi connectivity index (χ1) is 6.86. The minimum absolute atomic E-state index is 0.923. The van der Waals surface area contributed by atoms with E-state index >= 15 is 0 Å². The summed E-state index contributed by atoms with van der Waals surface area (Å²) in [6, 6.07) is 0. The molecule has 2 heterocycles. The molecule has 0 aromatic rings. The maximum Gasteiger partial charge on any atom is 0.0468 e. The van der Waals surface area contributed by atoms with Crippen molar-refractivity contribution in [1.29, 1.82) is 0 Å². The van der Waals surface area contributed by atoms with Gasteiger partial charge in [0.1, 0.15) is 0 Å². The van der Waals surface area contributed by atoms with Gasteiger partial charge < -0.3 is 10.1 Å². The van der Waals surface area contributed by atoms with Gasteiger partial charge in [-0.25, -0.2) is 0 Å². The Bertz CT molecular complexity index is 166. The minimum atomic E-state index is 0.923. The Balaban J connectivity index is 1.76. The number of piperidine rings is 1. The van der Waals surface area contributed by atoms with Crippen LogP contribution in [0, 0.1) is 17.8 Å². The number of rotatable bonds is 2. The van der Waals surface area contributed by atoms with E-state index in [1.165, 1.54) is 38.8 Å². The summed E-state index contributed by atoms with van der Waals surface area (Å²) in [4.78, 5) is 0. The predicted molar refractivity (Wildman–Crippen MR) is 58.3 cm³/mol. The molecule has 0 aromatic heterocycles. The second kappa shape index (κ2) is 5.13. The molecule has 2 aliphatic rings. The molecule has 2 fully saturated rings. The number of nitrogens with one attached hydrogen (secondary N) is 1. The Morgan fingerprint density at radius 3 is 2.71 bits per heavy atom. The van der Waals surface area contributed by atoms with Crippen LogP contribution < -0.4 is 5.32 Å². The Hall–Kier alpha value is -0.0800. The fourth-order valence-corrected chi connectivity index (χ4v) is 2.78. The third kappa shape index (κ3) is 2.71. The summed E-state index contributed by atoms with van der Waals surface area (Å²) >= 11 is 0. The quantitative estimate of drug-likeness (QED) is 0.731. The summed E-state index contributed by atoms with van der Waals surface area (Å²) < 4.78 is 5.40. The molecule has 2 atom stereocenters. The SMILES string of the molecule is CC1CCNCC1CC1CCOCC1.